The van der Waals surface area contributed by atoms with Crippen LogP contribution in [0.1, 0.15) is 13.8 Å². The van der Waals surface area contributed by atoms with Crippen LogP contribution in [-0.4, -0.2) is 25.8 Å². The Balaban J connectivity index is -0.000000173. The topological polar surface area (TPSA) is 81.4 Å². The maximum atomic E-state index is 8.79. The monoisotopic (exact) mass is 407 g/mol. The van der Waals surface area contributed by atoms with Crippen LogP contribution in [0, 0.1) is 10.1 Å². The zero-order valence-electron chi connectivity index (χ0n) is 7.50. The summed E-state index contributed by atoms with van der Waals surface area (Å²) in [4.78, 5) is 10.8. The molecular formula is C5H14N3O2PtS2. The molecule has 5 nitrogen and oxygen atoms in total. The van der Waals surface area contributed by atoms with Gasteiger partial charge in [-0.15, -0.1) is 12.6 Å². The van der Waals surface area contributed by atoms with Gasteiger partial charge in [0.1, 0.15) is 4.32 Å². The first-order valence-electron chi connectivity index (χ1n) is 3.20. The van der Waals surface area contributed by atoms with Gasteiger partial charge in [-0.05, 0) is 13.8 Å². The third kappa shape index (κ3) is 18.9. The van der Waals surface area contributed by atoms with Crippen molar-refractivity contribution < 1.29 is 23.5 Å². The van der Waals surface area contributed by atoms with Gasteiger partial charge in [-0.2, -0.15) is 0 Å². The minimum absolute atomic E-state index is 0. The molecule has 0 spiro atoms. The number of nitro groups is 1. The average molecular weight is 407 g/mol. The van der Waals surface area contributed by atoms with Gasteiger partial charge in [-0.3, -0.25) is 0 Å². The summed E-state index contributed by atoms with van der Waals surface area (Å²) in [6, 6.07) is 0. The molecule has 13 heavy (non-hydrogen) atoms. The summed E-state index contributed by atoms with van der Waals surface area (Å²) in [6.07, 6.45) is 0. The fourth-order valence-electron chi connectivity index (χ4n) is 0.494. The molecule has 0 unspecified atom stereocenters. The number of thiol groups is 1. The van der Waals surface area contributed by atoms with Crippen LogP contribution < -0.4 is 6.15 Å². The Morgan fingerprint density at radius 1 is 1.62 bits per heavy atom. The van der Waals surface area contributed by atoms with Gasteiger partial charge in [0.25, 0.3) is 0 Å². The Kier molecular flexibility index (Phi) is 17.9. The van der Waals surface area contributed by atoms with Crippen molar-refractivity contribution in [1.29, 1.82) is 0 Å². The summed E-state index contributed by atoms with van der Waals surface area (Å²) in [6.45, 7) is 6.04. The molecule has 0 aliphatic carbocycles. The molecule has 0 aromatic rings. The Bertz CT molecular complexity index is 151. The summed E-state index contributed by atoms with van der Waals surface area (Å²) in [7, 11) is 0. The fourth-order valence-corrected chi connectivity index (χ4v) is 1.04. The van der Waals surface area contributed by atoms with Crippen molar-refractivity contribution in [3.8, 4) is 0 Å². The van der Waals surface area contributed by atoms with Crippen LogP contribution in [0.3, 0.4) is 0 Å². The third-order valence-electron chi connectivity index (χ3n) is 1.03. The van der Waals surface area contributed by atoms with E-state index >= 15 is 0 Å². The first-order chi connectivity index (χ1) is 5.45. The Morgan fingerprint density at radius 3 is 1.85 bits per heavy atom. The van der Waals surface area contributed by atoms with E-state index in [1.165, 1.54) is 0 Å². The van der Waals surface area contributed by atoms with Crippen LogP contribution in [-0.2, 0) is 20.1 Å². The van der Waals surface area contributed by atoms with Gasteiger partial charge in [0.15, 0.2) is 0 Å². The molecule has 0 aliphatic rings. The van der Waals surface area contributed by atoms with Crippen LogP contribution in [0.5, 0.6) is 0 Å². The first-order valence-corrected chi connectivity index (χ1v) is 5.08. The van der Waals surface area contributed by atoms with Crippen LogP contribution >= 0.6 is 24.8 Å². The van der Waals surface area contributed by atoms with Crippen molar-refractivity contribution in [3.05, 3.63) is 10.1 Å². The molecule has 0 amide bonds. The van der Waals surface area contributed by atoms with Crippen molar-refractivity contribution in [3.63, 3.8) is 0 Å². The SMILES string of the molecule is CCN(CC)C(=S)S.N.O=[N+]([O-])[Pt]. The van der Waals surface area contributed by atoms with Gasteiger partial charge in [0.2, 0.25) is 0 Å². The predicted molar refractivity (Wildman–Crippen MR) is 56.5 cm³/mol. The number of hydrogen-bond donors (Lipinski definition) is 2. The van der Waals surface area contributed by atoms with E-state index in [0.717, 1.165) is 33.2 Å². The molecule has 0 bridgehead atoms. The molecule has 0 aromatic heterocycles. The number of nitrogens with zero attached hydrogens (tertiary/aromatic N) is 2. The predicted octanol–water partition coefficient (Wildman–Crippen LogP) is 1.43. The molecule has 0 saturated carbocycles. The first kappa shape index (κ1) is 19.0. The molecule has 0 radical (unpaired) electrons. The van der Waals surface area contributed by atoms with Gasteiger partial charge in [0, 0.05) is 13.1 Å². The Labute approximate surface area is 101 Å². The van der Waals surface area contributed by atoms with Crippen molar-refractivity contribution in [2.45, 2.75) is 13.8 Å². The van der Waals surface area contributed by atoms with E-state index in [9.17, 15) is 0 Å². The maximum absolute atomic E-state index is 8.79. The molecular weight excluding hydrogens is 393 g/mol. The van der Waals surface area contributed by atoms with E-state index in [1.54, 1.807) is 0 Å². The van der Waals surface area contributed by atoms with Crippen molar-refractivity contribution in [1.82, 2.24) is 11.1 Å². The fraction of sp³-hybridized carbons (Fsp3) is 0.800. The van der Waals surface area contributed by atoms with E-state index < -0.39 is 3.48 Å². The number of hydrogen-bond acceptors (Lipinski definition) is 4. The average Bonchev–Trinajstić information content (AvgIpc) is 1.87. The molecule has 0 fully saturated rings. The second kappa shape index (κ2) is 12.3. The normalized spacial score (nSPS) is 7.46. The molecule has 0 aromatic carbocycles. The van der Waals surface area contributed by atoms with Gasteiger partial charge >= 0.3 is 33.7 Å². The van der Waals surface area contributed by atoms with E-state index in [0.29, 0.717) is 4.32 Å². The summed E-state index contributed by atoms with van der Waals surface area (Å²) >= 11 is 9.87. The molecule has 3 N–H and O–H groups in total. The summed E-state index contributed by atoms with van der Waals surface area (Å²) in [5.41, 5.74) is 0. The van der Waals surface area contributed by atoms with E-state index in [2.05, 4.69) is 26.5 Å². The molecule has 0 atom stereocenters. The van der Waals surface area contributed by atoms with E-state index in [1.807, 2.05) is 4.90 Å². The second-order valence-electron chi connectivity index (χ2n) is 1.64. The zero-order chi connectivity index (χ0) is 10.1. The molecule has 83 valence electrons. The van der Waals surface area contributed by atoms with Crippen LogP contribution in [0.15, 0.2) is 0 Å². The molecule has 0 rings (SSSR count). The van der Waals surface area contributed by atoms with E-state index in [-0.39, 0.29) is 6.15 Å². The van der Waals surface area contributed by atoms with Crippen LogP contribution in [0.2, 0.25) is 0 Å². The number of thiocarbonyl (C=S) groups is 1. The van der Waals surface area contributed by atoms with E-state index in [4.69, 9.17) is 22.3 Å². The molecule has 0 aliphatic heterocycles. The minimum atomic E-state index is -0.528. The van der Waals surface area contributed by atoms with Gasteiger partial charge < -0.3 is 11.1 Å². The molecule has 0 saturated heterocycles. The van der Waals surface area contributed by atoms with Crippen LogP contribution in [0.4, 0.5) is 0 Å². The van der Waals surface area contributed by atoms with Crippen molar-refractivity contribution in [2.24, 2.45) is 0 Å². The van der Waals surface area contributed by atoms with Gasteiger partial charge in [-0.1, -0.05) is 12.2 Å². The van der Waals surface area contributed by atoms with Crippen molar-refractivity contribution in [2.75, 3.05) is 13.1 Å². The quantitative estimate of drug-likeness (QED) is 0.313. The Hall–Kier alpha value is 0.288. The van der Waals surface area contributed by atoms with Gasteiger partial charge in [0.05, 0.1) is 0 Å². The number of rotatable bonds is 2. The van der Waals surface area contributed by atoms with Crippen LogP contribution in [0.25, 0.3) is 0 Å². The zero-order valence-corrected chi connectivity index (χ0v) is 11.5. The Morgan fingerprint density at radius 2 is 1.85 bits per heavy atom. The van der Waals surface area contributed by atoms with Gasteiger partial charge in [-0.25, -0.2) is 0 Å². The third-order valence-corrected chi connectivity index (χ3v) is 1.58. The van der Waals surface area contributed by atoms with Crippen molar-refractivity contribution >= 4 is 29.2 Å². The molecule has 0 heterocycles. The summed E-state index contributed by atoms with van der Waals surface area (Å²) < 4.78 is 0.162. The molecule has 8 heteroatoms. The second-order valence-corrected chi connectivity index (χ2v) is 3.59. The summed E-state index contributed by atoms with van der Waals surface area (Å²) in [5, 5.41) is 8.79. The summed E-state index contributed by atoms with van der Waals surface area (Å²) in [5.74, 6) is 0. The standard InChI is InChI=1S/C5H11NS2.NO2.H3N.Pt/c1-3-6(4-2)5(7)8;2-1-3;;/h3-4H2,1-2H3,(H,7,8);;1H3;.